The predicted octanol–water partition coefficient (Wildman–Crippen LogP) is 2.83. The van der Waals surface area contributed by atoms with E-state index >= 15 is 0 Å². The number of pyridine rings is 1. The zero-order chi connectivity index (χ0) is 19.4. The number of amides is 1. The highest BCUT2D eigenvalue weighted by molar-refractivity contribution is 6.05. The van der Waals surface area contributed by atoms with E-state index < -0.39 is 11.4 Å². The van der Waals surface area contributed by atoms with E-state index in [-0.39, 0.29) is 23.6 Å². The molecule has 1 aromatic heterocycles. The number of para-hydroxylation sites is 2. The summed E-state index contributed by atoms with van der Waals surface area (Å²) in [5.74, 6) is 0.356. The SMILES string of the molecule is COc1ccccc1OCCN(C)C(=O)c1cc(=O)[nH]c2cc(F)ccc12. The molecule has 0 atom stereocenters. The normalized spacial score (nSPS) is 10.6. The molecule has 3 aromatic rings. The Bertz CT molecular complexity index is 1030. The van der Waals surface area contributed by atoms with E-state index in [0.717, 1.165) is 0 Å². The number of hydrogen-bond acceptors (Lipinski definition) is 4. The Balaban J connectivity index is 1.74. The molecule has 2 aromatic carbocycles. The summed E-state index contributed by atoms with van der Waals surface area (Å²) < 4.78 is 24.3. The number of fused-ring (bicyclic) bond motifs is 1. The molecule has 27 heavy (non-hydrogen) atoms. The van der Waals surface area contributed by atoms with Crippen LogP contribution in [0.4, 0.5) is 4.39 Å². The number of nitrogens with one attached hydrogen (secondary N) is 1. The summed E-state index contributed by atoms with van der Waals surface area (Å²) in [6.45, 7) is 0.546. The smallest absolute Gasteiger partial charge is 0.254 e. The molecule has 0 aliphatic carbocycles. The zero-order valence-corrected chi connectivity index (χ0v) is 15.0. The van der Waals surface area contributed by atoms with Crippen molar-refractivity contribution in [3.63, 3.8) is 0 Å². The van der Waals surface area contributed by atoms with Gasteiger partial charge in [-0.15, -0.1) is 0 Å². The van der Waals surface area contributed by atoms with Gasteiger partial charge in [-0.25, -0.2) is 4.39 Å². The van der Waals surface area contributed by atoms with Crippen molar-refractivity contribution >= 4 is 16.8 Å². The van der Waals surface area contributed by atoms with Crippen molar-refractivity contribution in [2.24, 2.45) is 0 Å². The third kappa shape index (κ3) is 4.08. The predicted molar refractivity (Wildman–Crippen MR) is 100.0 cm³/mol. The molecule has 140 valence electrons. The molecular formula is C20H19FN2O4. The van der Waals surface area contributed by atoms with Crippen LogP contribution in [-0.2, 0) is 0 Å². The molecular weight excluding hydrogens is 351 g/mol. The van der Waals surface area contributed by atoms with E-state index in [0.29, 0.717) is 23.4 Å². The number of benzene rings is 2. The number of rotatable bonds is 6. The minimum absolute atomic E-state index is 0.216. The summed E-state index contributed by atoms with van der Waals surface area (Å²) >= 11 is 0. The number of carbonyl (C=O) groups is 1. The molecule has 0 radical (unpaired) electrons. The average molecular weight is 370 g/mol. The van der Waals surface area contributed by atoms with Crippen molar-refractivity contribution in [1.82, 2.24) is 9.88 Å². The lowest BCUT2D eigenvalue weighted by Gasteiger charge is -2.19. The summed E-state index contributed by atoms with van der Waals surface area (Å²) in [4.78, 5) is 28.6. The first-order chi connectivity index (χ1) is 13.0. The molecule has 0 bridgehead atoms. The van der Waals surface area contributed by atoms with Gasteiger partial charge in [0.15, 0.2) is 11.5 Å². The van der Waals surface area contributed by atoms with Crippen LogP contribution in [0, 0.1) is 5.82 Å². The number of halogens is 1. The molecule has 1 heterocycles. The van der Waals surface area contributed by atoms with E-state index in [1.165, 1.54) is 29.2 Å². The fraction of sp³-hybridized carbons (Fsp3) is 0.200. The number of hydrogen-bond donors (Lipinski definition) is 1. The lowest BCUT2D eigenvalue weighted by molar-refractivity contribution is 0.0775. The first-order valence-corrected chi connectivity index (χ1v) is 8.33. The van der Waals surface area contributed by atoms with Crippen molar-refractivity contribution in [2.75, 3.05) is 27.3 Å². The van der Waals surface area contributed by atoms with Gasteiger partial charge in [-0.05, 0) is 30.3 Å². The highest BCUT2D eigenvalue weighted by Crippen LogP contribution is 2.25. The molecule has 0 saturated heterocycles. The standard InChI is InChI=1S/C20H19FN2O4/c1-23(9-10-27-18-6-4-3-5-17(18)26-2)20(25)15-12-19(24)22-16-11-13(21)7-8-14(15)16/h3-8,11-12H,9-10H2,1-2H3,(H,22,24). The van der Waals surface area contributed by atoms with Crippen LogP contribution >= 0.6 is 0 Å². The molecule has 0 fully saturated rings. The second kappa shape index (κ2) is 7.90. The van der Waals surface area contributed by atoms with Crippen LogP contribution < -0.4 is 15.0 Å². The van der Waals surface area contributed by atoms with Gasteiger partial charge < -0.3 is 19.4 Å². The molecule has 6 nitrogen and oxygen atoms in total. The maximum Gasteiger partial charge on any atom is 0.254 e. The quantitative estimate of drug-likeness (QED) is 0.724. The third-order valence-corrected chi connectivity index (χ3v) is 4.14. The molecule has 0 spiro atoms. The number of ether oxygens (including phenoxy) is 2. The van der Waals surface area contributed by atoms with Crippen molar-refractivity contribution < 1.29 is 18.7 Å². The van der Waals surface area contributed by atoms with Crippen molar-refractivity contribution in [3.8, 4) is 11.5 Å². The Hall–Kier alpha value is -3.35. The fourth-order valence-electron chi connectivity index (χ4n) is 2.75. The molecule has 0 aliphatic rings. The lowest BCUT2D eigenvalue weighted by Crippen LogP contribution is -2.31. The molecule has 1 N–H and O–H groups in total. The van der Waals surface area contributed by atoms with Crippen molar-refractivity contribution in [2.45, 2.75) is 0 Å². The maximum absolute atomic E-state index is 13.4. The first-order valence-electron chi connectivity index (χ1n) is 8.33. The number of methoxy groups -OCH3 is 1. The summed E-state index contributed by atoms with van der Waals surface area (Å²) in [5.41, 5.74) is 0.0354. The van der Waals surface area contributed by atoms with Crippen LogP contribution in [0.1, 0.15) is 10.4 Å². The van der Waals surface area contributed by atoms with Crippen LogP contribution in [0.25, 0.3) is 10.9 Å². The van der Waals surface area contributed by atoms with E-state index in [2.05, 4.69) is 4.98 Å². The topological polar surface area (TPSA) is 71.6 Å². The van der Waals surface area contributed by atoms with Gasteiger partial charge >= 0.3 is 0 Å². The Morgan fingerprint density at radius 3 is 2.63 bits per heavy atom. The number of carbonyl (C=O) groups excluding carboxylic acids is 1. The molecule has 1 amide bonds. The van der Waals surface area contributed by atoms with Crippen molar-refractivity contribution in [3.05, 3.63) is 70.3 Å². The van der Waals surface area contributed by atoms with Gasteiger partial charge in [-0.1, -0.05) is 12.1 Å². The minimum Gasteiger partial charge on any atom is -0.493 e. The number of H-pyrrole nitrogens is 1. The van der Waals surface area contributed by atoms with Gasteiger partial charge in [0.2, 0.25) is 5.56 Å². The minimum atomic E-state index is -0.485. The molecule has 7 heteroatoms. The Morgan fingerprint density at radius 1 is 1.15 bits per heavy atom. The van der Waals surface area contributed by atoms with Gasteiger partial charge in [0, 0.05) is 18.5 Å². The van der Waals surface area contributed by atoms with Crippen LogP contribution in [0.3, 0.4) is 0 Å². The number of likely N-dealkylation sites (N-methyl/N-ethyl adjacent to an activating group) is 1. The summed E-state index contributed by atoms with van der Waals surface area (Å²) in [6.07, 6.45) is 0. The van der Waals surface area contributed by atoms with E-state index in [4.69, 9.17) is 9.47 Å². The fourth-order valence-corrected chi connectivity index (χ4v) is 2.75. The Morgan fingerprint density at radius 2 is 1.89 bits per heavy atom. The number of nitrogens with zero attached hydrogens (tertiary/aromatic N) is 1. The summed E-state index contributed by atoms with van der Waals surface area (Å²) in [6, 6.07) is 12.4. The number of aromatic nitrogens is 1. The monoisotopic (exact) mass is 370 g/mol. The van der Waals surface area contributed by atoms with Crippen LogP contribution in [0.5, 0.6) is 11.5 Å². The number of aromatic amines is 1. The largest absolute Gasteiger partial charge is 0.493 e. The van der Waals surface area contributed by atoms with Crippen LogP contribution in [-0.4, -0.2) is 43.1 Å². The second-order valence-corrected chi connectivity index (χ2v) is 5.96. The second-order valence-electron chi connectivity index (χ2n) is 5.96. The lowest BCUT2D eigenvalue weighted by atomic mass is 10.1. The summed E-state index contributed by atoms with van der Waals surface area (Å²) in [7, 11) is 3.17. The molecule has 0 aliphatic heterocycles. The van der Waals surface area contributed by atoms with E-state index in [9.17, 15) is 14.0 Å². The molecule has 0 saturated carbocycles. The zero-order valence-electron chi connectivity index (χ0n) is 15.0. The average Bonchev–Trinajstić information content (AvgIpc) is 2.66. The Labute approximate surface area is 155 Å². The van der Waals surface area contributed by atoms with E-state index in [1.807, 2.05) is 12.1 Å². The summed E-state index contributed by atoms with van der Waals surface area (Å²) in [5, 5.41) is 0.485. The molecule has 0 unspecified atom stereocenters. The van der Waals surface area contributed by atoms with Gasteiger partial charge in [0.25, 0.3) is 5.91 Å². The van der Waals surface area contributed by atoms with Gasteiger partial charge in [0.1, 0.15) is 12.4 Å². The highest BCUT2D eigenvalue weighted by atomic mass is 19.1. The van der Waals surface area contributed by atoms with Gasteiger partial charge in [0.05, 0.1) is 24.7 Å². The van der Waals surface area contributed by atoms with Gasteiger partial charge in [-0.2, -0.15) is 0 Å². The Kier molecular flexibility index (Phi) is 5.40. The molecule has 3 rings (SSSR count). The van der Waals surface area contributed by atoms with Crippen LogP contribution in [0.2, 0.25) is 0 Å². The first kappa shape index (κ1) is 18.4. The van der Waals surface area contributed by atoms with Crippen molar-refractivity contribution in [1.29, 1.82) is 0 Å². The third-order valence-electron chi connectivity index (χ3n) is 4.14. The highest BCUT2D eigenvalue weighted by Gasteiger charge is 2.16. The maximum atomic E-state index is 13.4. The van der Waals surface area contributed by atoms with Gasteiger partial charge in [-0.3, -0.25) is 9.59 Å². The van der Waals surface area contributed by atoms with E-state index in [1.54, 1.807) is 26.3 Å². The van der Waals surface area contributed by atoms with Crippen LogP contribution in [0.15, 0.2) is 53.3 Å².